The molecule has 1 aliphatic rings. The van der Waals surface area contributed by atoms with E-state index in [-0.39, 0.29) is 0 Å². The minimum atomic E-state index is 1.15. The number of halogens is 1. The molecule has 0 aromatic heterocycles. The van der Waals surface area contributed by atoms with Crippen molar-refractivity contribution in [2.75, 3.05) is 26.2 Å². The van der Waals surface area contributed by atoms with Crippen LogP contribution in [0.3, 0.4) is 0 Å². The van der Waals surface area contributed by atoms with E-state index >= 15 is 0 Å². The molecule has 0 unspecified atom stereocenters. The Bertz CT molecular complexity index is 562. The number of hydrogen-bond acceptors (Lipinski definition) is 0. The van der Waals surface area contributed by atoms with Crippen LogP contribution in [-0.4, -0.2) is 26.2 Å². The third-order valence-electron chi connectivity index (χ3n) is 4.30. The van der Waals surface area contributed by atoms with Gasteiger partial charge in [0, 0.05) is 15.6 Å². The molecule has 0 bridgehead atoms. The van der Waals surface area contributed by atoms with Gasteiger partial charge in [0.2, 0.25) is 0 Å². The highest BCUT2D eigenvalue weighted by Gasteiger charge is 2.22. The Morgan fingerprint density at radius 1 is 0.714 bits per heavy atom. The lowest BCUT2D eigenvalue weighted by Gasteiger charge is -2.29. The van der Waals surface area contributed by atoms with Crippen LogP contribution in [0.15, 0.2) is 59.1 Å². The van der Waals surface area contributed by atoms with Crippen molar-refractivity contribution in [3.63, 3.8) is 0 Å². The van der Waals surface area contributed by atoms with Crippen molar-refractivity contribution in [2.24, 2.45) is 0 Å². The van der Waals surface area contributed by atoms with Gasteiger partial charge in [-0.2, -0.15) is 0 Å². The maximum absolute atomic E-state index is 3.56. The fraction of sp³-hybridized carbons (Fsp3) is 0.333. The van der Waals surface area contributed by atoms with Crippen molar-refractivity contribution in [1.82, 2.24) is 0 Å². The van der Waals surface area contributed by atoms with Gasteiger partial charge in [-0.3, -0.25) is 0 Å². The molecule has 3 rings (SSSR count). The lowest BCUT2D eigenvalue weighted by Crippen LogP contribution is -3.27. The van der Waals surface area contributed by atoms with Crippen molar-refractivity contribution in [2.45, 2.75) is 13.1 Å². The summed E-state index contributed by atoms with van der Waals surface area (Å²) in [5, 5.41) is 0. The minimum Gasteiger partial charge on any atom is -0.322 e. The molecule has 0 atom stereocenters. The van der Waals surface area contributed by atoms with Gasteiger partial charge in [-0.05, 0) is 12.1 Å². The van der Waals surface area contributed by atoms with E-state index < -0.39 is 0 Å². The second-order valence-electron chi connectivity index (χ2n) is 5.97. The molecule has 21 heavy (non-hydrogen) atoms. The second-order valence-corrected chi connectivity index (χ2v) is 6.88. The van der Waals surface area contributed by atoms with E-state index in [0.29, 0.717) is 0 Å². The summed E-state index contributed by atoms with van der Waals surface area (Å²) in [6.07, 6.45) is 0. The third kappa shape index (κ3) is 4.40. The lowest BCUT2D eigenvalue weighted by molar-refractivity contribution is -1.02. The number of benzene rings is 2. The van der Waals surface area contributed by atoms with Crippen molar-refractivity contribution in [3.05, 3.63) is 70.2 Å². The van der Waals surface area contributed by atoms with Gasteiger partial charge in [0.05, 0.1) is 0 Å². The maximum Gasteiger partial charge on any atom is 0.127 e. The normalized spacial score (nSPS) is 22.1. The van der Waals surface area contributed by atoms with Crippen LogP contribution in [0.2, 0.25) is 0 Å². The van der Waals surface area contributed by atoms with Gasteiger partial charge >= 0.3 is 0 Å². The molecule has 2 aromatic carbocycles. The zero-order valence-electron chi connectivity index (χ0n) is 12.3. The van der Waals surface area contributed by atoms with Crippen molar-refractivity contribution < 1.29 is 9.80 Å². The fourth-order valence-electron chi connectivity index (χ4n) is 3.13. The molecule has 3 heteroatoms. The van der Waals surface area contributed by atoms with Crippen LogP contribution >= 0.6 is 15.9 Å². The Balaban J connectivity index is 1.49. The van der Waals surface area contributed by atoms with E-state index in [1.54, 1.807) is 9.80 Å². The van der Waals surface area contributed by atoms with Crippen LogP contribution in [0, 0.1) is 0 Å². The molecule has 1 saturated heterocycles. The first-order valence-corrected chi connectivity index (χ1v) is 8.54. The number of nitrogens with one attached hydrogen (secondary N) is 2. The topological polar surface area (TPSA) is 8.88 Å². The van der Waals surface area contributed by atoms with Crippen LogP contribution < -0.4 is 9.80 Å². The first kappa shape index (κ1) is 14.8. The van der Waals surface area contributed by atoms with Crippen LogP contribution in [0.1, 0.15) is 11.1 Å². The Morgan fingerprint density at radius 2 is 1.29 bits per heavy atom. The summed E-state index contributed by atoms with van der Waals surface area (Å²) in [7, 11) is 0. The molecule has 0 amide bonds. The van der Waals surface area contributed by atoms with Crippen molar-refractivity contribution in [3.8, 4) is 0 Å². The quantitative estimate of drug-likeness (QED) is 0.815. The fourth-order valence-corrected chi connectivity index (χ4v) is 3.58. The molecule has 0 radical (unpaired) electrons. The van der Waals surface area contributed by atoms with E-state index in [1.807, 2.05) is 0 Å². The number of hydrogen-bond donors (Lipinski definition) is 2. The number of quaternary nitrogens is 2. The summed E-state index contributed by atoms with van der Waals surface area (Å²) in [4.78, 5) is 3.43. The highest BCUT2D eigenvalue weighted by Crippen LogP contribution is 2.10. The Labute approximate surface area is 135 Å². The van der Waals surface area contributed by atoms with Gasteiger partial charge in [-0.1, -0.05) is 58.4 Å². The molecular formula is C18H23BrN2+2. The zero-order chi connectivity index (χ0) is 14.5. The summed E-state index contributed by atoms with van der Waals surface area (Å²) >= 11 is 3.56. The van der Waals surface area contributed by atoms with Gasteiger partial charge in [0.15, 0.2) is 0 Å². The Hall–Kier alpha value is -1.16. The van der Waals surface area contributed by atoms with Crippen LogP contribution in [0.25, 0.3) is 0 Å². The van der Waals surface area contributed by atoms with Gasteiger partial charge in [0.1, 0.15) is 39.3 Å². The number of piperazine rings is 1. The smallest absolute Gasteiger partial charge is 0.127 e. The largest absolute Gasteiger partial charge is 0.322 e. The van der Waals surface area contributed by atoms with Crippen LogP contribution in [-0.2, 0) is 13.1 Å². The summed E-state index contributed by atoms with van der Waals surface area (Å²) < 4.78 is 1.19. The van der Waals surface area contributed by atoms with Gasteiger partial charge in [-0.25, -0.2) is 0 Å². The lowest BCUT2D eigenvalue weighted by atomic mass is 10.1. The summed E-state index contributed by atoms with van der Waals surface area (Å²) in [5.74, 6) is 0. The first-order valence-electron chi connectivity index (χ1n) is 7.75. The van der Waals surface area contributed by atoms with Crippen LogP contribution in [0.5, 0.6) is 0 Å². The molecule has 2 nitrogen and oxygen atoms in total. The summed E-state index contributed by atoms with van der Waals surface area (Å²) in [6.45, 7) is 7.42. The van der Waals surface area contributed by atoms with E-state index in [2.05, 4.69) is 70.5 Å². The van der Waals surface area contributed by atoms with Crippen molar-refractivity contribution in [1.29, 1.82) is 0 Å². The van der Waals surface area contributed by atoms with Crippen LogP contribution in [0.4, 0.5) is 0 Å². The molecule has 110 valence electrons. The average molecular weight is 347 g/mol. The van der Waals surface area contributed by atoms with Gasteiger partial charge in [-0.15, -0.1) is 0 Å². The molecule has 2 aromatic rings. The molecular weight excluding hydrogens is 324 g/mol. The predicted molar refractivity (Wildman–Crippen MR) is 89.4 cm³/mol. The molecule has 2 N–H and O–H groups in total. The average Bonchev–Trinajstić information content (AvgIpc) is 2.50. The Morgan fingerprint density at radius 3 is 1.90 bits per heavy atom. The van der Waals surface area contributed by atoms with Gasteiger partial charge in [0.25, 0.3) is 0 Å². The standard InChI is InChI=1S/C18H21BrN2/c19-18-8-4-7-17(13-18)15-21-11-9-20(10-12-21)14-16-5-2-1-3-6-16/h1-8,13H,9-12,14-15H2/p+2. The maximum atomic E-state index is 3.56. The van der Waals surface area contributed by atoms with E-state index in [9.17, 15) is 0 Å². The molecule has 0 spiro atoms. The molecule has 0 saturated carbocycles. The van der Waals surface area contributed by atoms with Gasteiger partial charge < -0.3 is 9.80 Å². The predicted octanol–water partition coefficient (Wildman–Crippen LogP) is 0.933. The van der Waals surface area contributed by atoms with Crippen molar-refractivity contribution >= 4 is 15.9 Å². The minimum absolute atomic E-state index is 1.15. The van der Waals surface area contributed by atoms with E-state index in [4.69, 9.17) is 0 Å². The number of rotatable bonds is 4. The van der Waals surface area contributed by atoms with E-state index in [0.717, 1.165) is 6.54 Å². The highest BCUT2D eigenvalue weighted by molar-refractivity contribution is 9.10. The SMILES string of the molecule is Brc1cccc(C[NH+]2CC[NH+](Cc3ccccc3)CC2)c1. The molecule has 1 fully saturated rings. The Kier molecular flexibility index (Phi) is 5.07. The first-order chi connectivity index (χ1) is 10.3. The van der Waals surface area contributed by atoms with E-state index in [1.165, 1.54) is 48.3 Å². The summed E-state index contributed by atoms with van der Waals surface area (Å²) in [5.41, 5.74) is 2.90. The zero-order valence-corrected chi connectivity index (χ0v) is 13.9. The monoisotopic (exact) mass is 346 g/mol. The molecule has 1 heterocycles. The third-order valence-corrected chi connectivity index (χ3v) is 4.80. The second kappa shape index (κ2) is 7.21. The molecule has 0 aliphatic carbocycles. The molecule has 1 aliphatic heterocycles. The summed E-state index contributed by atoms with van der Waals surface area (Å²) in [6, 6.07) is 19.6. The highest BCUT2D eigenvalue weighted by atomic mass is 79.9.